The Kier molecular flexibility index (Phi) is 2.80. The molecular weight excluding hydrogens is 246 g/mol. The molecule has 92 valence electrons. The second kappa shape index (κ2) is 4.46. The predicted octanol–water partition coefficient (Wildman–Crippen LogP) is 3.01. The van der Waals surface area contributed by atoms with Crippen molar-refractivity contribution in [1.82, 2.24) is 0 Å². The Hall–Kier alpha value is -1.81. The highest BCUT2D eigenvalue weighted by atomic mass is 32.1. The van der Waals surface area contributed by atoms with Gasteiger partial charge in [-0.25, -0.2) is 4.79 Å². The Balaban J connectivity index is 1.89. The number of thiophene rings is 1. The summed E-state index contributed by atoms with van der Waals surface area (Å²) < 4.78 is 0. The molecule has 0 amide bonds. The van der Waals surface area contributed by atoms with Gasteiger partial charge in [0, 0.05) is 22.5 Å². The first-order chi connectivity index (χ1) is 8.75. The minimum Gasteiger partial charge on any atom is -0.478 e. The summed E-state index contributed by atoms with van der Waals surface area (Å²) in [6.07, 6.45) is 0.815. The van der Waals surface area contributed by atoms with Crippen LogP contribution < -0.4 is 4.90 Å². The Labute approximate surface area is 109 Å². The van der Waals surface area contributed by atoms with Gasteiger partial charge in [-0.1, -0.05) is 18.2 Å². The van der Waals surface area contributed by atoms with Gasteiger partial charge >= 0.3 is 5.97 Å². The van der Waals surface area contributed by atoms with Gasteiger partial charge in [0.1, 0.15) is 0 Å². The summed E-state index contributed by atoms with van der Waals surface area (Å²) in [6.45, 7) is 1.70. The van der Waals surface area contributed by atoms with E-state index in [1.165, 1.54) is 10.6 Å². The molecule has 18 heavy (non-hydrogen) atoms. The third-order valence-corrected chi connectivity index (χ3v) is 4.31. The first-order valence-corrected chi connectivity index (χ1v) is 6.76. The predicted molar refractivity (Wildman–Crippen MR) is 72.5 cm³/mol. The molecule has 0 radical (unpaired) electrons. The van der Waals surface area contributed by atoms with Gasteiger partial charge in [0.15, 0.2) is 0 Å². The van der Waals surface area contributed by atoms with Gasteiger partial charge in [-0.15, -0.1) is 11.3 Å². The molecule has 1 aromatic carbocycles. The van der Waals surface area contributed by atoms with Crippen LogP contribution in [0.2, 0.25) is 0 Å². The van der Waals surface area contributed by atoms with Crippen molar-refractivity contribution in [2.24, 2.45) is 0 Å². The number of carbonyl (C=O) groups is 1. The molecule has 2 heterocycles. The zero-order valence-electron chi connectivity index (χ0n) is 9.80. The van der Waals surface area contributed by atoms with Gasteiger partial charge in [0.2, 0.25) is 0 Å². The second-order valence-electron chi connectivity index (χ2n) is 4.36. The molecular formula is C14H13NO2S. The fraction of sp³-hybridized carbons (Fsp3) is 0.214. The Morgan fingerprint density at radius 2 is 2.06 bits per heavy atom. The number of para-hydroxylation sites is 1. The van der Waals surface area contributed by atoms with Crippen molar-refractivity contribution in [3.8, 4) is 0 Å². The van der Waals surface area contributed by atoms with Crippen LogP contribution in [-0.2, 0) is 13.0 Å². The zero-order chi connectivity index (χ0) is 12.5. The smallest absolute Gasteiger partial charge is 0.336 e. The Bertz CT molecular complexity index is 577. The number of anilines is 1. The van der Waals surface area contributed by atoms with Gasteiger partial charge < -0.3 is 10.0 Å². The highest BCUT2D eigenvalue weighted by Crippen LogP contribution is 2.31. The van der Waals surface area contributed by atoms with E-state index in [0.717, 1.165) is 25.1 Å². The molecule has 0 aliphatic carbocycles. The number of carboxylic acids is 1. The van der Waals surface area contributed by atoms with E-state index in [2.05, 4.69) is 17.0 Å². The van der Waals surface area contributed by atoms with Gasteiger partial charge in [-0.2, -0.15) is 0 Å². The number of nitrogens with zero attached hydrogens (tertiary/aromatic N) is 1. The first-order valence-electron chi connectivity index (χ1n) is 5.88. The van der Waals surface area contributed by atoms with Crippen LogP contribution in [0.1, 0.15) is 20.8 Å². The number of hydrogen-bond donors (Lipinski definition) is 1. The van der Waals surface area contributed by atoms with Gasteiger partial charge in [-0.3, -0.25) is 0 Å². The SMILES string of the molecule is O=C(O)c1csc2c1CCN(c1ccccc1)C2. The van der Waals surface area contributed by atoms with Crippen LogP contribution in [0.25, 0.3) is 0 Å². The van der Waals surface area contributed by atoms with Crippen LogP contribution in [-0.4, -0.2) is 17.6 Å². The van der Waals surface area contributed by atoms with Crippen LogP contribution in [0.4, 0.5) is 5.69 Å². The third-order valence-electron chi connectivity index (χ3n) is 3.30. The lowest BCUT2D eigenvalue weighted by atomic mass is 10.0. The molecule has 2 aromatic rings. The van der Waals surface area contributed by atoms with E-state index >= 15 is 0 Å². The summed E-state index contributed by atoms with van der Waals surface area (Å²) >= 11 is 1.56. The van der Waals surface area contributed by atoms with Crippen molar-refractivity contribution < 1.29 is 9.90 Å². The molecule has 0 spiro atoms. The van der Waals surface area contributed by atoms with E-state index in [0.29, 0.717) is 5.56 Å². The molecule has 0 bridgehead atoms. The number of fused-ring (bicyclic) bond motifs is 1. The maximum atomic E-state index is 11.1. The van der Waals surface area contributed by atoms with Crippen molar-refractivity contribution in [3.63, 3.8) is 0 Å². The first kappa shape index (κ1) is 11.3. The third kappa shape index (κ3) is 1.88. The molecule has 3 rings (SSSR count). The summed E-state index contributed by atoms with van der Waals surface area (Å²) in [6, 6.07) is 10.3. The largest absolute Gasteiger partial charge is 0.478 e. The second-order valence-corrected chi connectivity index (χ2v) is 5.33. The van der Waals surface area contributed by atoms with Crippen molar-refractivity contribution in [2.75, 3.05) is 11.4 Å². The molecule has 0 atom stereocenters. The molecule has 1 aromatic heterocycles. The molecule has 4 heteroatoms. The highest BCUT2D eigenvalue weighted by molar-refractivity contribution is 7.10. The normalized spacial score (nSPS) is 14.3. The summed E-state index contributed by atoms with van der Waals surface area (Å²) in [5, 5.41) is 10.9. The lowest BCUT2D eigenvalue weighted by Crippen LogP contribution is -2.29. The standard InChI is InChI=1S/C14H13NO2S/c16-14(17)12-9-18-13-8-15(7-6-11(12)13)10-4-2-1-3-5-10/h1-5,9H,6-8H2,(H,16,17). The lowest BCUT2D eigenvalue weighted by molar-refractivity contribution is 0.0696. The number of carboxylic acid groups (broad SMARTS) is 1. The molecule has 0 saturated heterocycles. The van der Waals surface area contributed by atoms with E-state index in [9.17, 15) is 4.79 Å². The van der Waals surface area contributed by atoms with Crippen molar-refractivity contribution in [1.29, 1.82) is 0 Å². The van der Waals surface area contributed by atoms with Crippen LogP contribution in [0.15, 0.2) is 35.7 Å². The number of benzene rings is 1. The van der Waals surface area contributed by atoms with E-state index in [4.69, 9.17) is 5.11 Å². The minimum atomic E-state index is -0.805. The monoisotopic (exact) mass is 259 g/mol. The van der Waals surface area contributed by atoms with E-state index in [1.807, 2.05) is 18.2 Å². The summed E-state index contributed by atoms with van der Waals surface area (Å²) in [4.78, 5) is 14.6. The maximum absolute atomic E-state index is 11.1. The molecule has 3 nitrogen and oxygen atoms in total. The van der Waals surface area contributed by atoms with E-state index in [-0.39, 0.29) is 0 Å². The van der Waals surface area contributed by atoms with Crippen molar-refractivity contribution >= 4 is 23.0 Å². The number of rotatable bonds is 2. The molecule has 1 aliphatic rings. The number of hydrogen-bond acceptors (Lipinski definition) is 3. The fourth-order valence-electron chi connectivity index (χ4n) is 2.37. The Morgan fingerprint density at radius 1 is 1.28 bits per heavy atom. The maximum Gasteiger partial charge on any atom is 0.336 e. The van der Waals surface area contributed by atoms with Gasteiger partial charge in [0.05, 0.1) is 12.1 Å². The summed E-state index contributed by atoms with van der Waals surface area (Å²) in [5.74, 6) is -0.805. The van der Waals surface area contributed by atoms with Crippen LogP contribution >= 0.6 is 11.3 Å². The van der Waals surface area contributed by atoms with Gasteiger partial charge in [-0.05, 0) is 24.1 Å². The summed E-state index contributed by atoms with van der Waals surface area (Å²) in [7, 11) is 0. The van der Waals surface area contributed by atoms with Crippen LogP contribution in [0.3, 0.4) is 0 Å². The molecule has 0 saturated carbocycles. The lowest BCUT2D eigenvalue weighted by Gasteiger charge is -2.29. The molecule has 0 unspecified atom stereocenters. The van der Waals surface area contributed by atoms with Crippen LogP contribution in [0.5, 0.6) is 0 Å². The van der Waals surface area contributed by atoms with E-state index < -0.39 is 5.97 Å². The average molecular weight is 259 g/mol. The average Bonchev–Trinajstić information content (AvgIpc) is 2.82. The topological polar surface area (TPSA) is 40.5 Å². The highest BCUT2D eigenvalue weighted by Gasteiger charge is 2.23. The quantitative estimate of drug-likeness (QED) is 0.901. The van der Waals surface area contributed by atoms with Gasteiger partial charge in [0.25, 0.3) is 0 Å². The molecule has 0 fully saturated rings. The van der Waals surface area contributed by atoms with Crippen molar-refractivity contribution in [2.45, 2.75) is 13.0 Å². The molecule has 1 N–H and O–H groups in total. The number of aromatic carboxylic acids is 1. The molecule has 1 aliphatic heterocycles. The van der Waals surface area contributed by atoms with E-state index in [1.54, 1.807) is 16.7 Å². The zero-order valence-corrected chi connectivity index (χ0v) is 10.6. The minimum absolute atomic E-state index is 0.489. The summed E-state index contributed by atoms with van der Waals surface area (Å²) in [5.41, 5.74) is 2.72. The fourth-order valence-corrected chi connectivity index (χ4v) is 3.45. The van der Waals surface area contributed by atoms with Crippen molar-refractivity contribution in [3.05, 3.63) is 51.7 Å². The van der Waals surface area contributed by atoms with Crippen LogP contribution in [0, 0.1) is 0 Å². The Morgan fingerprint density at radius 3 is 2.78 bits per heavy atom.